The number of ether oxygens (including phenoxy) is 1. The zero-order chi connectivity index (χ0) is 20.4. The first-order chi connectivity index (χ1) is 13.6. The van der Waals surface area contributed by atoms with Crippen molar-refractivity contribution in [2.75, 3.05) is 26.2 Å². The monoisotopic (exact) mass is 386 g/mol. The number of amides is 1. The van der Waals surface area contributed by atoms with Crippen molar-refractivity contribution >= 4 is 5.91 Å². The van der Waals surface area contributed by atoms with E-state index in [4.69, 9.17) is 4.74 Å². The van der Waals surface area contributed by atoms with Gasteiger partial charge in [0.15, 0.2) is 0 Å². The van der Waals surface area contributed by atoms with Gasteiger partial charge in [0.25, 0.3) is 11.5 Å². The van der Waals surface area contributed by atoms with Crippen LogP contribution in [0.4, 0.5) is 0 Å². The lowest BCUT2D eigenvalue weighted by atomic mass is 10.2. The molecular weight excluding hydrogens is 356 g/mol. The van der Waals surface area contributed by atoms with Crippen LogP contribution in [-0.2, 0) is 13.1 Å². The summed E-state index contributed by atoms with van der Waals surface area (Å²) in [6.07, 6.45) is 0.774. The molecule has 0 atom stereocenters. The molecule has 1 N–H and O–H groups in total. The number of para-hydroxylation sites is 1. The maximum Gasteiger partial charge on any atom is 0.271 e. The second-order valence-electron chi connectivity index (χ2n) is 6.45. The van der Waals surface area contributed by atoms with E-state index in [1.807, 2.05) is 31.2 Å². The maximum atomic E-state index is 12.4. The molecule has 0 spiro atoms. The van der Waals surface area contributed by atoms with Crippen LogP contribution in [0.5, 0.6) is 5.75 Å². The van der Waals surface area contributed by atoms with Crippen LogP contribution in [-0.4, -0.2) is 46.8 Å². The van der Waals surface area contributed by atoms with Crippen molar-refractivity contribution in [3.63, 3.8) is 0 Å². The molecule has 1 amide bonds. The summed E-state index contributed by atoms with van der Waals surface area (Å²) in [6, 6.07) is 10.5. The predicted octanol–water partition coefficient (Wildman–Crippen LogP) is 2.30. The lowest BCUT2D eigenvalue weighted by Crippen LogP contribution is -2.30. The van der Waals surface area contributed by atoms with E-state index in [9.17, 15) is 9.59 Å². The Morgan fingerprint density at radius 1 is 1.14 bits per heavy atom. The molecule has 0 radical (unpaired) electrons. The van der Waals surface area contributed by atoms with E-state index in [1.54, 1.807) is 0 Å². The molecule has 0 saturated heterocycles. The number of hydrogen-bond acceptors (Lipinski definition) is 5. The van der Waals surface area contributed by atoms with Gasteiger partial charge in [-0.1, -0.05) is 39.0 Å². The van der Waals surface area contributed by atoms with Crippen molar-refractivity contribution in [1.82, 2.24) is 20.0 Å². The molecule has 2 aromatic rings. The van der Waals surface area contributed by atoms with Crippen LogP contribution in [0, 0.1) is 0 Å². The Bertz CT molecular complexity index is 815. The molecule has 0 fully saturated rings. The topological polar surface area (TPSA) is 76.5 Å². The van der Waals surface area contributed by atoms with Crippen LogP contribution >= 0.6 is 0 Å². The Balaban J connectivity index is 1.98. The van der Waals surface area contributed by atoms with Gasteiger partial charge in [-0.2, -0.15) is 5.10 Å². The van der Waals surface area contributed by atoms with E-state index < -0.39 is 0 Å². The summed E-state index contributed by atoms with van der Waals surface area (Å²) >= 11 is 0. The van der Waals surface area contributed by atoms with Crippen molar-refractivity contribution in [3.8, 4) is 5.75 Å². The van der Waals surface area contributed by atoms with E-state index in [1.165, 1.54) is 16.8 Å². The van der Waals surface area contributed by atoms with Gasteiger partial charge < -0.3 is 15.0 Å². The molecule has 0 saturated carbocycles. The second kappa shape index (κ2) is 11.2. The number of carbonyl (C=O) groups excluding carboxylic acids is 1. The normalized spacial score (nSPS) is 10.9. The van der Waals surface area contributed by atoms with Gasteiger partial charge in [-0.15, -0.1) is 0 Å². The Labute approximate surface area is 166 Å². The molecule has 0 aliphatic carbocycles. The number of nitrogens with one attached hydrogen (secondary N) is 1. The lowest BCUT2D eigenvalue weighted by molar-refractivity contribution is 0.0943. The second-order valence-corrected chi connectivity index (χ2v) is 6.45. The zero-order valence-electron chi connectivity index (χ0n) is 17.0. The van der Waals surface area contributed by atoms with Gasteiger partial charge in [-0.25, -0.2) is 4.68 Å². The largest absolute Gasteiger partial charge is 0.492 e. The highest BCUT2D eigenvalue weighted by atomic mass is 16.5. The first-order valence-electron chi connectivity index (χ1n) is 9.88. The fourth-order valence-electron chi connectivity index (χ4n) is 2.82. The Kier molecular flexibility index (Phi) is 8.68. The first-order valence-corrected chi connectivity index (χ1v) is 9.88. The molecule has 0 aliphatic heterocycles. The van der Waals surface area contributed by atoms with Crippen LogP contribution in [0.1, 0.15) is 43.2 Å². The highest BCUT2D eigenvalue weighted by molar-refractivity contribution is 5.91. The number of hydrogen-bond donors (Lipinski definition) is 1. The predicted molar refractivity (Wildman–Crippen MR) is 110 cm³/mol. The van der Waals surface area contributed by atoms with Gasteiger partial charge in [-0.05, 0) is 31.6 Å². The molecule has 7 nitrogen and oxygen atoms in total. The highest BCUT2D eigenvalue weighted by Gasteiger charge is 2.11. The number of aromatic nitrogens is 2. The molecule has 1 heterocycles. The van der Waals surface area contributed by atoms with E-state index in [-0.39, 0.29) is 17.2 Å². The fraction of sp³-hybridized carbons (Fsp3) is 0.476. The molecule has 1 aromatic heterocycles. The minimum atomic E-state index is -0.317. The summed E-state index contributed by atoms with van der Waals surface area (Å²) in [4.78, 5) is 26.5. The third-order valence-electron chi connectivity index (χ3n) is 4.51. The van der Waals surface area contributed by atoms with E-state index in [0.717, 1.165) is 37.4 Å². The molecule has 7 heteroatoms. The van der Waals surface area contributed by atoms with Crippen LogP contribution in [0.15, 0.2) is 41.2 Å². The molecule has 2 rings (SSSR count). The number of rotatable bonds is 11. The molecule has 0 aliphatic rings. The third kappa shape index (κ3) is 6.20. The summed E-state index contributed by atoms with van der Waals surface area (Å²) in [7, 11) is 0. The van der Waals surface area contributed by atoms with Crippen LogP contribution < -0.4 is 15.6 Å². The average molecular weight is 386 g/mol. The SMILES string of the molecule is CCCn1nc(C(=O)NCc2ccccc2OCCN(CC)CC)ccc1=O. The van der Waals surface area contributed by atoms with Crippen LogP contribution in [0.2, 0.25) is 0 Å². The number of nitrogens with zero attached hydrogens (tertiary/aromatic N) is 3. The molecular formula is C21H30N4O3. The lowest BCUT2D eigenvalue weighted by Gasteiger charge is -2.19. The van der Waals surface area contributed by atoms with Crippen molar-refractivity contribution in [2.24, 2.45) is 0 Å². The molecule has 152 valence electrons. The number of likely N-dealkylation sites (N-methyl/N-ethyl adjacent to an activating group) is 1. The molecule has 28 heavy (non-hydrogen) atoms. The Morgan fingerprint density at radius 3 is 2.61 bits per heavy atom. The van der Waals surface area contributed by atoms with Crippen molar-refractivity contribution in [2.45, 2.75) is 40.3 Å². The minimum Gasteiger partial charge on any atom is -0.492 e. The highest BCUT2D eigenvalue weighted by Crippen LogP contribution is 2.17. The van der Waals surface area contributed by atoms with Gasteiger partial charge in [0.1, 0.15) is 18.1 Å². The van der Waals surface area contributed by atoms with Crippen LogP contribution in [0.25, 0.3) is 0 Å². The van der Waals surface area contributed by atoms with Crippen molar-refractivity contribution in [1.29, 1.82) is 0 Å². The average Bonchev–Trinajstić information content (AvgIpc) is 2.72. The first kappa shape index (κ1) is 21.6. The number of aryl methyl sites for hydroxylation is 1. The van der Waals surface area contributed by atoms with E-state index in [2.05, 4.69) is 29.2 Å². The Hall–Kier alpha value is -2.67. The molecule has 0 bridgehead atoms. The zero-order valence-corrected chi connectivity index (χ0v) is 17.0. The smallest absolute Gasteiger partial charge is 0.271 e. The van der Waals surface area contributed by atoms with Gasteiger partial charge in [0, 0.05) is 31.3 Å². The van der Waals surface area contributed by atoms with E-state index >= 15 is 0 Å². The minimum absolute atomic E-state index is 0.203. The van der Waals surface area contributed by atoms with Crippen molar-refractivity contribution < 1.29 is 9.53 Å². The quantitative estimate of drug-likeness (QED) is 0.641. The fourth-order valence-corrected chi connectivity index (χ4v) is 2.82. The van der Waals surface area contributed by atoms with Gasteiger partial charge >= 0.3 is 0 Å². The molecule has 0 unspecified atom stereocenters. The van der Waals surface area contributed by atoms with Gasteiger partial charge in [0.2, 0.25) is 0 Å². The van der Waals surface area contributed by atoms with Crippen LogP contribution in [0.3, 0.4) is 0 Å². The summed E-state index contributed by atoms with van der Waals surface area (Å²) in [6.45, 7) is 10.5. The number of carbonyl (C=O) groups is 1. The number of benzene rings is 1. The third-order valence-corrected chi connectivity index (χ3v) is 4.51. The van der Waals surface area contributed by atoms with Gasteiger partial charge in [-0.3, -0.25) is 9.59 Å². The summed E-state index contributed by atoms with van der Waals surface area (Å²) in [5.74, 6) is 0.446. The summed E-state index contributed by atoms with van der Waals surface area (Å²) in [5.41, 5.74) is 0.926. The maximum absolute atomic E-state index is 12.4. The van der Waals surface area contributed by atoms with Crippen molar-refractivity contribution in [3.05, 3.63) is 58.0 Å². The Morgan fingerprint density at radius 2 is 1.89 bits per heavy atom. The van der Waals surface area contributed by atoms with Gasteiger partial charge in [0.05, 0.1) is 0 Å². The summed E-state index contributed by atoms with van der Waals surface area (Å²) in [5, 5.41) is 7.00. The van der Waals surface area contributed by atoms with E-state index in [0.29, 0.717) is 19.7 Å². The standard InChI is InChI=1S/C21H30N4O3/c1-4-13-25-20(26)12-11-18(23-25)21(27)22-16-17-9-7-8-10-19(17)28-15-14-24(5-2)6-3/h7-12H,4-6,13-16H2,1-3H3,(H,22,27). The molecule has 1 aromatic carbocycles. The summed E-state index contributed by atoms with van der Waals surface area (Å²) < 4.78 is 7.24.